The van der Waals surface area contributed by atoms with E-state index >= 15 is 0 Å². The van der Waals surface area contributed by atoms with Crippen LogP contribution in [0, 0.1) is 5.92 Å². The molecule has 0 unspecified atom stereocenters. The molecule has 0 radical (unpaired) electrons. The normalized spacial score (nSPS) is 14.7. The molecule has 1 aliphatic heterocycles. The largest absolute Gasteiger partial charge is 0.444 e. The van der Waals surface area contributed by atoms with Crippen LogP contribution in [0.1, 0.15) is 45.9 Å². The number of nitrogens with one attached hydrogen (secondary N) is 2. The molecule has 0 saturated carbocycles. The summed E-state index contributed by atoms with van der Waals surface area (Å²) in [5.41, 5.74) is 1.30. The number of rotatable bonds is 2. The van der Waals surface area contributed by atoms with E-state index in [1.54, 1.807) is 4.90 Å². The molecule has 0 atom stereocenters. The third-order valence-corrected chi connectivity index (χ3v) is 3.35. The molecule has 0 aliphatic carbocycles. The first-order valence-corrected chi connectivity index (χ1v) is 7.52. The molecular formula is C15H24N4O3. The number of aromatic amines is 1. The van der Waals surface area contributed by atoms with Gasteiger partial charge in [-0.05, 0) is 27.2 Å². The molecule has 1 aliphatic rings. The van der Waals surface area contributed by atoms with Gasteiger partial charge in [-0.1, -0.05) is 13.8 Å². The molecule has 0 spiro atoms. The van der Waals surface area contributed by atoms with Crippen molar-refractivity contribution >= 4 is 17.8 Å². The summed E-state index contributed by atoms with van der Waals surface area (Å²) in [6.07, 6.45) is 0.305. The molecule has 0 saturated heterocycles. The molecule has 22 heavy (non-hydrogen) atoms. The van der Waals surface area contributed by atoms with Gasteiger partial charge in [-0.15, -0.1) is 0 Å². The first-order chi connectivity index (χ1) is 10.2. The van der Waals surface area contributed by atoms with Crippen LogP contribution in [0.5, 0.6) is 0 Å². The summed E-state index contributed by atoms with van der Waals surface area (Å²) in [6.45, 7) is 10.2. The van der Waals surface area contributed by atoms with Crippen LogP contribution in [0.15, 0.2) is 0 Å². The van der Waals surface area contributed by atoms with Crippen molar-refractivity contribution in [2.75, 3.05) is 11.9 Å². The number of fused-ring (bicyclic) bond motifs is 1. The predicted octanol–water partition coefficient (Wildman–Crippen LogP) is 2.30. The molecule has 2 N–H and O–H groups in total. The SMILES string of the molecule is CC(C)C(=O)Nc1n[nH]c2c1CCN(C(=O)OC(C)(C)C)C2. The lowest BCUT2D eigenvalue weighted by Crippen LogP contribution is -2.40. The van der Waals surface area contributed by atoms with Gasteiger partial charge in [-0.25, -0.2) is 4.79 Å². The van der Waals surface area contributed by atoms with Gasteiger partial charge in [0.15, 0.2) is 5.82 Å². The minimum absolute atomic E-state index is 0.0659. The van der Waals surface area contributed by atoms with Crippen LogP contribution in [0.3, 0.4) is 0 Å². The maximum Gasteiger partial charge on any atom is 0.410 e. The van der Waals surface area contributed by atoms with Crippen LogP contribution < -0.4 is 5.32 Å². The van der Waals surface area contributed by atoms with Gasteiger partial charge < -0.3 is 15.0 Å². The Balaban J connectivity index is 2.05. The topological polar surface area (TPSA) is 87.3 Å². The molecule has 1 aromatic rings. The number of carbonyl (C=O) groups is 2. The van der Waals surface area contributed by atoms with E-state index in [2.05, 4.69) is 15.5 Å². The molecule has 122 valence electrons. The van der Waals surface area contributed by atoms with Crippen molar-refractivity contribution in [1.82, 2.24) is 15.1 Å². The Morgan fingerprint density at radius 2 is 2.05 bits per heavy atom. The number of anilines is 1. The van der Waals surface area contributed by atoms with Crippen molar-refractivity contribution in [2.24, 2.45) is 5.92 Å². The fraction of sp³-hybridized carbons (Fsp3) is 0.667. The number of hydrogen-bond acceptors (Lipinski definition) is 4. The van der Waals surface area contributed by atoms with Crippen molar-refractivity contribution < 1.29 is 14.3 Å². The monoisotopic (exact) mass is 308 g/mol. The number of amides is 2. The zero-order valence-electron chi connectivity index (χ0n) is 13.8. The molecule has 2 heterocycles. The van der Waals surface area contributed by atoms with E-state index in [0.29, 0.717) is 25.3 Å². The lowest BCUT2D eigenvalue weighted by molar-refractivity contribution is -0.118. The standard InChI is InChI=1S/C15H24N4O3/c1-9(2)13(20)16-12-10-6-7-19(8-11(10)17-18-12)14(21)22-15(3,4)5/h9H,6-8H2,1-5H3,(H2,16,17,18,20). The van der Waals surface area contributed by atoms with Crippen LogP contribution >= 0.6 is 0 Å². The molecule has 1 aromatic heterocycles. The van der Waals surface area contributed by atoms with Gasteiger partial charge in [-0.2, -0.15) is 5.10 Å². The van der Waals surface area contributed by atoms with Crippen LogP contribution in [0.4, 0.5) is 10.6 Å². The molecule has 0 bridgehead atoms. The summed E-state index contributed by atoms with van der Waals surface area (Å²) in [5.74, 6) is 0.399. The molecule has 7 nitrogen and oxygen atoms in total. The lowest BCUT2D eigenvalue weighted by atomic mass is 10.1. The van der Waals surface area contributed by atoms with Crippen molar-refractivity contribution in [2.45, 2.75) is 53.2 Å². The minimum atomic E-state index is -0.512. The fourth-order valence-corrected chi connectivity index (χ4v) is 2.16. The Morgan fingerprint density at radius 1 is 1.36 bits per heavy atom. The van der Waals surface area contributed by atoms with E-state index in [4.69, 9.17) is 4.74 Å². The molecule has 2 amide bonds. The average Bonchev–Trinajstić information content (AvgIpc) is 2.79. The smallest absolute Gasteiger partial charge is 0.410 e. The molecular weight excluding hydrogens is 284 g/mol. The quantitative estimate of drug-likeness (QED) is 0.877. The fourth-order valence-electron chi connectivity index (χ4n) is 2.16. The Bertz CT molecular complexity index is 572. The summed E-state index contributed by atoms with van der Waals surface area (Å²) in [7, 11) is 0. The van der Waals surface area contributed by atoms with E-state index in [0.717, 1.165) is 11.3 Å². The van der Waals surface area contributed by atoms with Crippen LogP contribution in [0.25, 0.3) is 0 Å². The van der Waals surface area contributed by atoms with Gasteiger partial charge in [0.05, 0.1) is 12.2 Å². The second kappa shape index (κ2) is 5.98. The summed E-state index contributed by atoms with van der Waals surface area (Å²) in [4.78, 5) is 25.5. The first kappa shape index (κ1) is 16.3. The van der Waals surface area contributed by atoms with Crippen LogP contribution in [-0.4, -0.2) is 39.2 Å². The van der Waals surface area contributed by atoms with E-state index in [1.807, 2.05) is 34.6 Å². The zero-order chi connectivity index (χ0) is 16.5. The Labute approximate surface area is 130 Å². The van der Waals surface area contributed by atoms with Gasteiger partial charge >= 0.3 is 6.09 Å². The highest BCUT2D eigenvalue weighted by molar-refractivity contribution is 5.92. The van der Waals surface area contributed by atoms with E-state index in [9.17, 15) is 9.59 Å². The highest BCUT2D eigenvalue weighted by Crippen LogP contribution is 2.25. The predicted molar refractivity (Wildman–Crippen MR) is 82.4 cm³/mol. The maximum atomic E-state index is 12.1. The minimum Gasteiger partial charge on any atom is -0.444 e. The zero-order valence-corrected chi connectivity index (χ0v) is 13.8. The average molecular weight is 308 g/mol. The molecule has 0 fully saturated rings. The first-order valence-electron chi connectivity index (χ1n) is 7.52. The van der Waals surface area contributed by atoms with Crippen molar-refractivity contribution in [3.05, 3.63) is 11.3 Å². The second-order valence-corrected chi connectivity index (χ2v) is 6.83. The van der Waals surface area contributed by atoms with Gasteiger partial charge in [0, 0.05) is 18.0 Å². The number of H-pyrrole nitrogens is 1. The summed E-state index contributed by atoms with van der Waals surface area (Å²) >= 11 is 0. The number of nitrogens with zero attached hydrogens (tertiary/aromatic N) is 2. The number of aromatic nitrogens is 2. The molecule has 7 heteroatoms. The van der Waals surface area contributed by atoms with E-state index in [-0.39, 0.29) is 17.9 Å². The lowest BCUT2D eigenvalue weighted by Gasteiger charge is -2.29. The Kier molecular flexibility index (Phi) is 4.44. The number of hydrogen-bond donors (Lipinski definition) is 2. The van der Waals surface area contributed by atoms with Crippen LogP contribution in [0.2, 0.25) is 0 Å². The highest BCUT2D eigenvalue weighted by atomic mass is 16.6. The molecule has 0 aromatic carbocycles. The van der Waals surface area contributed by atoms with Gasteiger partial charge in [-0.3, -0.25) is 9.89 Å². The number of ether oxygens (including phenoxy) is 1. The Hall–Kier alpha value is -2.05. The van der Waals surface area contributed by atoms with Crippen molar-refractivity contribution in [3.8, 4) is 0 Å². The Morgan fingerprint density at radius 3 is 2.64 bits per heavy atom. The third kappa shape index (κ3) is 3.78. The van der Waals surface area contributed by atoms with Gasteiger partial charge in [0.1, 0.15) is 5.60 Å². The van der Waals surface area contributed by atoms with Crippen LogP contribution in [-0.2, 0) is 22.5 Å². The van der Waals surface area contributed by atoms with Gasteiger partial charge in [0.25, 0.3) is 0 Å². The van der Waals surface area contributed by atoms with Crippen molar-refractivity contribution in [3.63, 3.8) is 0 Å². The number of carbonyl (C=O) groups excluding carboxylic acids is 2. The van der Waals surface area contributed by atoms with E-state index < -0.39 is 5.60 Å². The second-order valence-electron chi connectivity index (χ2n) is 6.83. The maximum absolute atomic E-state index is 12.1. The van der Waals surface area contributed by atoms with Gasteiger partial charge in [0.2, 0.25) is 5.91 Å². The van der Waals surface area contributed by atoms with Crippen molar-refractivity contribution in [1.29, 1.82) is 0 Å². The summed E-state index contributed by atoms with van der Waals surface area (Å²) in [5, 5.41) is 9.87. The van der Waals surface area contributed by atoms with E-state index in [1.165, 1.54) is 0 Å². The summed E-state index contributed by atoms with van der Waals surface area (Å²) in [6, 6.07) is 0. The molecule has 2 rings (SSSR count). The third-order valence-electron chi connectivity index (χ3n) is 3.35. The summed E-state index contributed by atoms with van der Waals surface area (Å²) < 4.78 is 5.38. The highest BCUT2D eigenvalue weighted by Gasteiger charge is 2.28.